The summed E-state index contributed by atoms with van der Waals surface area (Å²) < 4.78 is 4.81. The molecule has 0 radical (unpaired) electrons. The largest absolute Gasteiger partial charge is 0.453 e. The number of nitrogens with one attached hydrogen (secondary N) is 3. The molecule has 4 aromatic carbocycles. The molecule has 0 aliphatic carbocycles. The Bertz CT molecular complexity index is 2550. The first-order valence-electron chi connectivity index (χ1n) is 19.7. The number of methoxy groups -OCH3 is 1. The Morgan fingerprint density at radius 1 is 0.800 bits per heavy atom. The van der Waals surface area contributed by atoms with Crippen LogP contribution in [0.15, 0.2) is 108 Å². The van der Waals surface area contributed by atoms with Gasteiger partial charge >= 0.3 is 6.09 Å². The Kier molecular flexibility index (Phi) is 11.9. The van der Waals surface area contributed by atoms with Crippen LogP contribution in [0.1, 0.15) is 83.8 Å². The number of aromatic nitrogens is 5. The number of amides is 3. The van der Waals surface area contributed by atoms with Crippen molar-refractivity contribution in [2.75, 3.05) is 27.3 Å². The molecule has 0 saturated carbocycles. The van der Waals surface area contributed by atoms with Gasteiger partial charge in [0.1, 0.15) is 17.7 Å². The number of imidazole rings is 1. The standard InChI is InChI=1S/C45H43N9O6/c1-58-45(57)49-39(32-13-7-4-8-14-32)44(56)54-26-10-16-37(54)42-50-40(51-52-42)33-22-19-29(20-23-33)17-18-30-21-24-34-35(27-30)48-41(47-34)36-15-9-25-53(36)43(55)38(46-28-60-59-2)31-11-5-3-6-12-31/h3-8,11-14,19-24,27-28,36-39H,9-10,15-16,25-26H2,1-2H3,(H,47,48)(H,49,57)(H,50,51,52)/t36-,37-,38+,39-/m0/s1. The first-order valence-corrected chi connectivity index (χ1v) is 19.7. The molecule has 60 heavy (non-hydrogen) atoms. The molecule has 0 unspecified atom stereocenters. The summed E-state index contributed by atoms with van der Waals surface area (Å²) in [7, 11) is 2.65. The number of H-pyrrole nitrogens is 2. The molecule has 3 N–H and O–H groups in total. The smallest absolute Gasteiger partial charge is 0.407 e. The number of hydrogen-bond donors (Lipinski definition) is 3. The quantitative estimate of drug-likeness (QED) is 0.0432. The number of hydrogen-bond acceptors (Lipinski definition) is 10. The fourth-order valence-corrected chi connectivity index (χ4v) is 7.78. The van der Waals surface area contributed by atoms with E-state index in [9.17, 15) is 14.4 Å². The average Bonchev–Trinajstić information content (AvgIpc) is 4.13. The predicted molar refractivity (Wildman–Crippen MR) is 222 cm³/mol. The van der Waals surface area contributed by atoms with Crippen molar-refractivity contribution >= 4 is 35.3 Å². The molecule has 2 aliphatic heterocycles. The van der Waals surface area contributed by atoms with E-state index in [2.05, 4.69) is 42.2 Å². The molecule has 2 aliphatic rings. The third-order valence-corrected chi connectivity index (χ3v) is 10.7. The second-order valence-electron chi connectivity index (χ2n) is 14.4. The summed E-state index contributed by atoms with van der Waals surface area (Å²) >= 11 is 0. The van der Waals surface area contributed by atoms with Crippen LogP contribution >= 0.6 is 0 Å². The zero-order valence-electron chi connectivity index (χ0n) is 33.1. The van der Waals surface area contributed by atoms with Crippen LogP contribution in [0.2, 0.25) is 0 Å². The lowest BCUT2D eigenvalue weighted by Crippen LogP contribution is -2.42. The van der Waals surface area contributed by atoms with Crippen molar-refractivity contribution in [3.8, 4) is 23.2 Å². The summed E-state index contributed by atoms with van der Waals surface area (Å²) in [6.07, 6.45) is 3.56. The average molecular weight is 806 g/mol. The minimum absolute atomic E-state index is 0.141. The number of aromatic amines is 2. The Labute approximate surface area is 346 Å². The maximum atomic E-state index is 13.9. The number of rotatable bonds is 11. The van der Waals surface area contributed by atoms with E-state index in [-0.39, 0.29) is 23.9 Å². The van der Waals surface area contributed by atoms with E-state index >= 15 is 0 Å². The number of benzene rings is 4. The maximum absolute atomic E-state index is 13.9. The predicted octanol–water partition coefficient (Wildman–Crippen LogP) is 6.52. The van der Waals surface area contributed by atoms with Gasteiger partial charge in [0.25, 0.3) is 11.8 Å². The first kappa shape index (κ1) is 39.5. The summed E-state index contributed by atoms with van der Waals surface area (Å²) in [5.41, 5.74) is 5.44. The number of likely N-dealkylation sites (tertiary alicyclic amines) is 2. The summed E-state index contributed by atoms with van der Waals surface area (Å²) in [4.78, 5) is 70.6. The van der Waals surface area contributed by atoms with Gasteiger partial charge in [-0.2, -0.15) is 9.99 Å². The van der Waals surface area contributed by atoms with E-state index < -0.39 is 18.2 Å². The molecule has 2 saturated heterocycles. The Hall–Kier alpha value is -7.31. The molecule has 15 heteroatoms. The molecule has 4 heterocycles. The lowest BCUT2D eigenvalue weighted by molar-refractivity contribution is -0.188. The summed E-state index contributed by atoms with van der Waals surface area (Å²) in [6.45, 7) is 1.11. The van der Waals surface area contributed by atoms with Crippen LogP contribution in [0.5, 0.6) is 0 Å². The summed E-state index contributed by atoms with van der Waals surface area (Å²) in [5, 5.41) is 10.2. The van der Waals surface area contributed by atoms with Gasteiger partial charge in [-0.15, -0.1) is 0 Å². The van der Waals surface area contributed by atoms with Crippen LogP contribution in [0.25, 0.3) is 22.4 Å². The molecule has 304 valence electrons. The van der Waals surface area contributed by atoms with E-state index in [4.69, 9.17) is 19.6 Å². The van der Waals surface area contributed by atoms with Crippen LogP contribution in [0.4, 0.5) is 4.79 Å². The van der Waals surface area contributed by atoms with Crippen LogP contribution in [0, 0.1) is 11.8 Å². The van der Waals surface area contributed by atoms with Gasteiger partial charge in [0.05, 0.1) is 37.3 Å². The number of carbonyl (C=O) groups is 3. The fourth-order valence-electron chi connectivity index (χ4n) is 7.78. The minimum Gasteiger partial charge on any atom is -0.453 e. The maximum Gasteiger partial charge on any atom is 0.407 e. The highest BCUT2D eigenvalue weighted by molar-refractivity contribution is 5.88. The first-order chi connectivity index (χ1) is 29.4. The Morgan fingerprint density at radius 3 is 2.15 bits per heavy atom. The van der Waals surface area contributed by atoms with Crippen molar-refractivity contribution in [2.45, 2.75) is 49.9 Å². The van der Waals surface area contributed by atoms with Crippen molar-refractivity contribution in [2.24, 2.45) is 4.99 Å². The van der Waals surface area contributed by atoms with E-state index in [0.717, 1.165) is 64.8 Å². The molecule has 15 nitrogen and oxygen atoms in total. The van der Waals surface area contributed by atoms with Gasteiger partial charge < -0.3 is 29.7 Å². The van der Waals surface area contributed by atoms with Crippen molar-refractivity contribution in [1.82, 2.24) is 40.3 Å². The van der Waals surface area contributed by atoms with E-state index in [1.165, 1.54) is 14.2 Å². The number of nitrogens with zero attached hydrogens (tertiary/aromatic N) is 6. The molecule has 6 aromatic rings. The molecule has 0 bridgehead atoms. The van der Waals surface area contributed by atoms with Gasteiger partial charge in [-0.25, -0.2) is 19.8 Å². The highest BCUT2D eigenvalue weighted by Gasteiger charge is 2.38. The molecular weight excluding hydrogens is 763 g/mol. The number of alkyl carbamates (subject to hydrolysis) is 1. The van der Waals surface area contributed by atoms with Crippen LogP contribution in [-0.2, 0) is 24.1 Å². The third kappa shape index (κ3) is 8.59. The molecule has 2 aromatic heterocycles. The number of aliphatic imine (C=N–C) groups is 1. The Balaban J connectivity index is 0.939. The van der Waals surface area contributed by atoms with Crippen molar-refractivity contribution in [1.29, 1.82) is 0 Å². The lowest BCUT2D eigenvalue weighted by Gasteiger charge is -2.28. The molecule has 4 atom stereocenters. The number of carbonyl (C=O) groups excluding carboxylic acids is 3. The van der Waals surface area contributed by atoms with Crippen LogP contribution in [0.3, 0.4) is 0 Å². The van der Waals surface area contributed by atoms with Crippen molar-refractivity contribution in [3.63, 3.8) is 0 Å². The number of fused-ring (bicyclic) bond motifs is 1. The molecular formula is C45H43N9O6. The SMILES string of the molecule is COOC=N[C@@H](C(=O)N1CCC[C@H]1c1nc2ccc(C#Cc3ccc(-c4n[nH]c([C@@H]5CCCN5C(=O)[C@@H](NC(=O)OC)c5ccccc5)n4)cc3)cc2[nH]1)c1ccccc1. The topological polar surface area (TPSA) is 180 Å². The van der Waals surface area contributed by atoms with E-state index in [1.54, 1.807) is 17.0 Å². The van der Waals surface area contributed by atoms with E-state index in [1.807, 2.05) is 95.9 Å². The molecule has 2 fully saturated rings. The van der Waals surface area contributed by atoms with Gasteiger partial charge in [0.15, 0.2) is 11.9 Å². The summed E-state index contributed by atoms with van der Waals surface area (Å²) in [5.74, 6) is 7.91. The lowest BCUT2D eigenvalue weighted by atomic mass is 10.1. The highest BCUT2D eigenvalue weighted by atomic mass is 17.2. The van der Waals surface area contributed by atoms with Crippen LogP contribution in [-0.4, -0.2) is 86.6 Å². The molecule has 0 spiro atoms. The zero-order chi connectivity index (χ0) is 41.4. The molecule has 8 rings (SSSR count). The van der Waals surface area contributed by atoms with Crippen molar-refractivity contribution < 1.29 is 28.9 Å². The van der Waals surface area contributed by atoms with Gasteiger partial charge in [-0.05, 0) is 79.3 Å². The van der Waals surface area contributed by atoms with Crippen LogP contribution < -0.4 is 5.32 Å². The van der Waals surface area contributed by atoms with Gasteiger partial charge in [-0.1, -0.05) is 72.5 Å². The fraction of sp³-hybridized carbons (Fsp3) is 0.267. The third-order valence-electron chi connectivity index (χ3n) is 10.7. The van der Waals surface area contributed by atoms with Gasteiger partial charge in [0.2, 0.25) is 6.40 Å². The van der Waals surface area contributed by atoms with Crippen molar-refractivity contribution in [3.05, 3.63) is 137 Å². The second-order valence-corrected chi connectivity index (χ2v) is 14.4. The zero-order valence-corrected chi connectivity index (χ0v) is 33.1. The second kappa shape index (κ2) is 18.1. The van der Waals surface area contributed by atoms with Gasteiger partial charge in [-0.3, -0.25) is 14.7 Å². The monoisotopic (exact) mass is 805 g/mol. The summed E-state index contributed by atoms with van der Waals surface area (Å²) in [6, 6.07) is 29.7. The van der Waals surface area contributed by atoms with Gasteiger partial charge in [0, 0.05) is 29.8 Å². The Morgan fingerprint density at radius 2 is 1.45 bits per heavy atom. The number of ether oxygens (including phenoxy) is 1. The van der Waals surface area contributed by atoms with E-state index in [0.29, 0.717) is 36.7 Å². The minimum atomic E-state index is -0.906. The normalized spacial score (nSPS) is 17.3. The highest BCUT2D eigenvalue weighted by Crippen LogP contribution is 2.36. The molecule has 3 amide bonds.